The third-order valence-corrected chi connectivity index (χ3v) is 4.70. The Kier molecular flexibility index (Phi) is 4.84. The van der Waals surface area contributed by atoms with Crippen molar-refractivity contribution in [1.82, 2.24) is 10.1 Å². The second kappa shape index (κ2) is 7.58. The maximum Gasteiger partial charge on any atom is 0.225 e. The van der Waals surface area contributed by atoms with Gasteiger partial charge in [0.25, 0.3) is 0 Å². The molecule has 26 heavy (non-hydrogen) atoms. The highest BCUT2D eigenvalue weighted by molar-refractivity contribution is 6.31. The zero-order chi connectivity index (χ0) is 17.8. The number of hydrogen-bond acceptors (Lipinski definition) is 4. The van der Waals surface area contributed by atoms with Crippen molar-refractivity contribution >= 4 is 28.3 Å². The minimum Gasteiger partial charge on any atom is -0.354 e. The molecule has 0 atom stereocenters. The van der Waals surface area contributed by atoms with E-state index in [1.165, 1.54) is 5.56 Å². The summed E-state index contributed by atoms with van der Waals surface area (Å²) in [5.41, 5.74) is 3.01. The van der Waals surface area contributed by atoms with Crippen LogP contribution in [0.5, 0.6) is 0 Å². The molecule has 2 heterocycles. The summed E-state index contributed by atoms with van der Waals surface area (Å²) < 4.78 is 5.41. The van der Waals surface area contributed by atoms with Crippen LogP contribution in [-0.2, 0) is 6.42 Å². The van der Waals surface area contributed by atoms with Crippen LogP contribution in [-0.4, -0.2) is 16.7 Å². The second-order valence-electron chi connectivity index (χ2n) is 6.14. The van der Waals surface area contributed by atoms with Crippen LogP contribution >= 0.6 is 11.6 Å². The molecule has 0 aliphatic carbocycles. The van der Waals surface area contributed by atoms with Crippen LogP contribution in [0.1, 0.15) is 12.0 Å². The quantitative estimate of drug-likeness (QED) is 0.454. The zero-order valence-corrected chi connectivity index (χ0v) is 14.9. The summed E-state index contributed by atoms with van der Waals surface area (Å²) in [7, 11) is 0. The third-order valence-electron chi connectivity index (χ3n) is 4.33. The number of pyridine rings is 1. The van der Waals surface area contributed by atoms with Gasteiger partial charge in [0.15, 0.2) is 0 Å². The van der Waals surface area contributed by atoms with E-state index in [0.717, 1.165) is 46.4 Å². The van der Waals surface area contributed by atoms with Crippen molar-refractivity contribution in [1.29, 1.82) is 0 Å². The fraction of sp³-hybridized carbons (Fsp3) is 0.143. The number of halogens is 1. The largest absolute Gasteiger partial charge is 0.354 e. The van der Waals surface area contributed by atoms with E-state index in [4.69, 9.17) is 16.1 Å². The molecule has 2 aromatic heterocycles. The molecule has 0 saturated heterocycles. The van der Waals surface area contributed by atoms with Crippen LogP contribution in [0.2, 0.25) is 5.02 Å². The molecule has 2 aromatic carbocycles. The van der Waals surface area contributed by atoms with Gasteiger partial charge in [-0.15, -0.1) is 0 Å². The average molecular weight is 364 g/mol. The smallest absolute Gasteiger partial charge is 0.225 e. The van der Waals surface area contributed by atoms with Crippen LogP contribution < -0.4 is 5.32 Å². The van der Waals surface area contributed by atoms with Gasteiger partial charge in [0.05, 0.1) is 0 Å². The van der Waals surface area contributed by atoms with Crippen LogP contribution in [0.3, 0.4) is 0 Å². The summed E-state index contributed by atoms with van der Waals surface area (Å²) in [5.74, 6) is 0.675. The van der Waals surface area contributed by atoms with Crippen LogP contribution in [0.4, 0.5) is 5.88 Å². The highest BCUT2D eigenvalue weighted by Gasteiger charge is 2.07. The third kappa shape index (κ3) is 3.70. The molecule has 4 nitrogen and oxygen atoms in total. The van der Waals surface area contributed by atoms with Crippen molar-refractivity contribution in [3.63, 3.8) is 0 Å². The Morgan fingerprint density at radius 1 is 1.00 bits per heavy atom. The van der Waals surface area contributed by atoms with Crippen molar-refractivity contribution in [3.8, 4) is 11.3 Å². The minimum absolute atomic E-state index is 0.675. The molecule has 0 amide bonds. The van der Waals surface area contributed by atoms with E-state index in [1.54, 1.807) is 6.20 Å². The molecule has 0 unspecified atom stereocenters. The Labute approximate surface area is 156 Å². The van der Waals surface area contributed by atoms with E-state index in [2.05, 4.69) is 27.6 Å². The van der Waals surface area contributed by atoms with Crippen molar-refractivity contribution in [2.24, 2.45) is 0 Å². The number of nitrogens with one attached hydrogen (secondary N) is 1. The normalized spacial score (nSPS) is 11.0. The lowest BCUT2D eigenvalue weighted by atomic mass is 10.1. The fourth-order valence-electron chi connectivity index (χ4n) is 2.93. The standard InChI is InChI=1S/C21H18ClN3O/c22-19-6-2-1-4-15(19)5-3-10-24-21-13-20(25-26-21)17-7-8-18-14-23-11-9-16(18)12-17/h1-2,4,6-9,11-14,24H,3,5,10H2. The van der Waals surface area contributed by atoms with Gasteiger partial charge in [-0.05, 0) is 42.0 Å². The highest BCUT2D eigenvalue weighted by atomic mass is 35.5. The van der Waals surface area contributed by atoms with E-state index >= 15 is 0 Å². The van der Waals surface area contributed by atoms with Crippen LogP contribution in [0.15, 0.2) is 71.5 Å². The number of anilines is 1. The summed E-state index contributed by atoms with van der Waals surface area (Å²) in [6, 6.07) is 18.0. The first-order valence-electron chi connectivity index (χ1n) is 8.58. The molecule has 1 N–H and O–H groups in total. The molecule has 5 heteroatoms. The van der Waals surface area contributed by atoms with Gasteiger partial charge in [-0.3, -0.25) is 4.98 Å². The summed E-state index contributed by atoms with van der Waals surface area (Å²) in [6.07, 6.45) is 5.53. The summed E-state index contributed by atoms with van der Waals surface area (Å²) >= 11 is 6.18. The number of aryl methyl sites for hydroxylation is 1. The first kappa shape index (κ1) is 16.6. The Balaban J connectivity index is 1.37. The monoisotopic (exact) mass is 363 g/mol. The molecule has 0 fully saturated rings. The summed E-state index contributed by atoms with van der Waals surface area (Å²) in [5, 5.41) is 10.5. The van der Waals surface area contributed by atoms with Gasteiger partial charge in [-0.1, -0.05) is 47.1 Å². The van der Waals surface area contributed by atoms with Gasteiger partial charge in [0.1, 0.15) is 5.69 Å². The predicted octanol–water partition coefficient (Wildman–Crippen LogP) is 5.59. The number of aromatic nitrogens is 2. The van der Waals surface area contributed by atoms with Crippen molar-refractivity contribution in [3.05, 3.63) is 77.6 Å². The number of rotatable bonds is 6. The lowest BCUT2D eigenvalue weighted by molar-refractivity contribution is 0.434. The van der Waals surface area contributed by atoms with Crippen molar-refractivity contribution < 1.29 is 4.52 Å². The predicted molar refractivity (Wildman–Crippen MR) is 106 cm³/mol. The van der Waals surface area contributed by atoms with Gasteiger partial charge in [0, 0.05) is 41.0 Å². The minimum atomic E-state index is 0.675. The van der Waals surface area contributed by atoms with Gasteiger partial charge < -0.3 is 9.84 Å². The Morgan fingerprint density at radius 3 is 2.85 bits per heavy atom. The van der Waals surface area contributed by atoms with Gasteiger partial charge in [-0.2, -0.15) is 0 Å². The molecule has 4 aromatic rings. The molecule has 0 aliphatic heterocycles. The molecule has 0 bridgehead atoms. The van der Waals surface area contributed by atoms with E-state index in [-0.39, 0.29) is 0 Å². The van der Waals surface area contributed by atoms with E-state index in [1.807, 2.05) is 48.7 Å². The number of benzene rings is 2. The van der Waals surface area contributed by atoms with Crippen LogP contribution in [0.25, 0.3) is 22.0 Å². The number of nitrogens with zero attached hydrogens (tertiary/aromatic N) is 2. The molecule has 0 spiro atoms. The maximum atomic E-state index is 6.18. The second-order valence-corrected chi connectivity index (χ2v) is 6.54. The highest BCUT2D eigenvalue weighted by Crippen LogP contribution is 2.25. The van der Waals surface area contributed by atoms with Gasteiger partial charge in [-0.25, -0.2) is 0 Å². The molecular weight excluding hydrogens is 346 g/mol. The average Bonchev–Trinajstić information content (AvgIpc) is 3.15. The molecule has 0 saturated carbocycles. The van der Waals surface area contributed by atoms with E-state index in [0.29, 0.717) is 5.88 Å². The SMILES string of the molecule is Clc1ccccc1CCCNc1cc(-c2ccc3cnccc3c2)no1. The van der Waals surface area contributed by atoms with Crippen molar-refractivity contribution in [2.75, 3.05) is 11.9 Å². The Hall–Kier alpha value is -2.85. The molecule has 0 aliphatic rings. The zero-order valence-electron chi connectivity index (χ0n) is 14.2. The van der Waals surface area contributed by atoms with Gasteiger partial charge >= 0.3 is 0 Å². The molecule has 4 rings (SSSR count). The first-order chi connectivity index (χ1) is 12.8. The van der Waals surface area contributed by atoms with E-state index < -0.39 is 0 Å². The molecule has 130 valence electrons. The lowest BCUT2D eigenvalue weighted by Crippen LogP contribution is -2.02. The molecule has 0 radical (unpaired) electrons. The number of hydrogen-bond donors (Lipinski definition) is 1. The summed E-state index contributed by atoms with van der Waals surface area (Å²) in [6.45, 7) is 0.795. The number of fused-ring (bicyclic) bond motifs is 1. The van der Waals surface area contributed by atoms with Crippen molar-refractivity contribution in [2.45, 2.75) is 12.8 Å². The fourth-order valence-corrected chi connectivity index (χ4v) is 3.16. The van der Waals surface area contributed by atoms with Gasteiger partial charge in [0.2, 0.25) is 5.88 Å². The summed E-state index contributed by atoms with van der Waals surface area (Å²) in [4.78, 5) is 4.14. The van der Waals surface area contributed by atoms with Crippen LogP contribution in [0, 0.1) is 0 Å². The maximum absolute atomic E-state index is 6.18. The molecular formula is C21H18ClN3O. The van der Waals surface area contributed by atoms with E-state index in [9.17, 15) is 0 Å². The lowest BCUT2D eigenvalue weighted by Gasteiger charge is -2.04. The topological polar surface area (TPSA) is 51.0 Å². The first-order valence-corrected chi connectivity index (χ1v) is 8.95. The Morgan fingerprint density at radius 2 is 1.92 bits per heavy atom. The Bertz CT molecular complexity index is 1030.